The average molecular weight is 560 g/mol. The van der Waals surface area contributed by atoms with Gasteiger partial charge in [-0.15, -0.1) is 0 Å². The summed E-state index contributed by atoms with van der Waals surface area (Å²) in [4.78, 5) is 43.4. The second-order valence-electron chi connectivity index (χ2n) is 10.6. The van der Waals surface area contributed by atoms with Crippen LogP contribution in [0.5, 0.6) is 0 Å². The van der Waals surface area contributed by atoms with E-state index in [-0.39, 0.29) is 11.8 Å². The summed E-state index contributed by atoms with van der Waals surface area (Å²) in [5.74, 6) is -2.65. The maximum Gasteiger partial charge on any atom is 0.250 e. The smallest absolute Gasteiger partial charge is 0.250 e. The van der Waals surface area contributed by atoms with Gasteiger partial charge in [-0.1, -0.05) is 72.3 Å². The fraction of sp³-hybridized carbons (Fsp3) is 0.323. The standard InChI is InChI=1S/C31H30ClN3O5/c32-21-11-13-22(14-12-21)34-29(38)27-31-16-15-24(40-31)25(28(37)33-17-19-7-3-1-4-8-19)26(31)30(39)35(27)23(18-36)20-9-5-2-6-10-20/h1-14,23-27,36H,15-18H2,(H,33,37)(H,34,38)/t23-,24+,25-,26+,27?,31?/m1/s1. The van der Waals surface area contributed by atoms with Crippen molar-refractivity contribution in [3.63, 3.8) is 0 Å². The van der Waals surface area contributed by atoms with Crippen molar-refractivity contribution in [1.82, 2.24) is 10.2 Å². The first-order valence-electron chi connectivity index (χ1n) is 13.5. The van der Waals surface area contributed by atoms with Crippen molar-refractivity contribution in [3.05, 3.63) is 101 Å². The molecule has 3 aromatic rings. The van der Waals surface area contributed by atoms with Crippen LogP contribution in [0.2, 0.25) is 5.02 Å². The molecule has 8 nitrogen and oxygen atoms in total. The van der Waals surface area contributed by atoms with Crippen LogP contribution in [0, 0.1) is 11.8 Å². The molecule has 206 valence electrons. The number of nitrogens with zero attached hydrogens (tertiary/aromatic N) is 1. The first-order valence-corrected chi connectivity index (χ1v) is 13.8. The van der Waals surface area contributed by atoms with Gasteiger partial charge in [0.2, 0.25) is 17.7 Å². The molecule has 6 atom stereocenters. The zero-order chi connectivity index (χ0) is 27.9. The maximum absolute atomic E-state index is 14.3. The van der Waals surface area contributed by atoms with Crippen molar-refractivity contribution < 1.29 is 24.2 Å². The molecule has 3 saturated heterocycles. The first-order chi connectivity index (χ1) is 19.4. The Balaban J connectivity index is 1.35. The number of likely N-dealkylation sites (tertiary alicyclic amines) is 1. The van der Waals surface area contributed by atoms with E-state index < -0.39 is 48.1 Å². The number of amides is 3. The molecule has 3 aliphatic heterocycles. The van der Waals surface area contributed by atoms with E-state index in [1.165, 1.54) is 4.90 Å². The lowest BCUT2D eigenvalue weighted by Crippen LogP contribution is -2.54. The Morgan fingerprint density at radius 2 is 1.68 bits per heavy atom. The van der Waals surface area contributed by atoms with E-state index in [2.05, 4.69) is 10.6 Å². The van der Waals surface area contributed by atoms with Gasteiger partial charge in [-0.25, -0.2) is 0 Å². The molecule has 0 aliphatic carbocycles. The van der Waals surface area contributed by atoms with Gasteiger partial charge in [0.1, 0.15) is 11.6 Å². The second-order valence-corrected chi connectivity index (χ2v) is 11.0. The summed E-state index contributed by atoms with van der Waals surface area (Å²) in [6.45, 7) is -0.0676. The summed E-state index contributed by atoms with van der Waals surface area (Å²) < 4.78 is 6.50. The van der Waals surface area contributed by atoms with E-state index >= 15 is 0 Å². The summed E-state index contributed by atoms with van der Waals surface area (Å²) in [5.41, 5.74) is 0.971. The number of halogens is 1. The number of hydrogen-bond acceptors (Lipinski definition) is 5. The van der Waals surface area contributed by atoms with Gasteiger partial charge in [0.25, 0.3) is 0 Å². The minimum atomic E-state index is -1.19. The fourth-order valence-corrected chi connectivity index (χ4v) is 6.83. The van der Waals surface area contributed by atoms with Crippen molar-refractivity contribution in [2.24, 2.45) is 11.8 Å². The van der Waals surface area contributed by atoms with Gasteiger partial charge in [0.15, 0.2) is 0 Å². The second kappa shape index (κ2) is 10.7. The van der Waals surface area contributed by atoms with Crippen LogP contribution in [0.3, 0.4) is 0 Å². The van der Waals surface area contributed by atoms with Crippen molar-refractivity contribution >= 4 is 35.0 Å². The van der Waals surface area contributed by atoms with Crippen LogP contribution in [0.1, 0.15) is 30.0 Å². The molecular formula is C31H30ClN3O5. The van der Waals surface area contributed by atoms with E-state index in [0.717, 1.165) is 5.56 Å². The summed E-state index contributed by atoms with van der Waals surface area (Å²) in [6, 6.07) is 23.5. The van der Waals surface area contributed by atoms with Gasteiger partial charge in [-0.2, -0.15) is 0 Å². The van der Waals surface area contributed by atoms with Gasteiger partial charge in [-0.3, -0.25) is 14.4 Å². The Morgan fingerprint density at radius 3 is 2.35 bits per heavy atom. The molecule has 2 unspecified atom stereocenters. The Labute approximate surface area is 237 Å². The van der Waals surface area contributed by atoms with Gasteiger partial charge in [0.05, 0.1) is 30.6 Å². The topological polar surface area (TPSA) is 108 Å². The van der Waals surface area contributed by atoms with E-state index in [0.29, 0.717) is 35.7 Å². The largest absolute Gasteiger partial charge is 0.394 e. The molecule has 3 heterocycles. The van der Waals surface area contributed by atoms with Gasteiger partial charge < -0.3 is 25.4 Å². The molecule has 2 bridgehead atoms. The van der Waals surface area contributed by atoms with E-state index in [1.807, 2.05) is 60.7 Å². The number of rotatable bonds is 8. The molecule has 0 aromatic heterocycles. The zero-order valence-corrected chi connectivity index (χ0v) is 22.5. The third kappa shape index (κ3) is 4.46. The lowest BCUT2D eigenvalue weighted by molar-refractivity contribution is -0.144. The Bertz CT molecular complexity index is 1400. The van der Waals surface area contributed by atoms with Crippen LogP contribution in [0.15, 0.2) is 84.9 Å². The van der Waals surface area contributed by atoms with E-state index in [9.17, 15) is 19.5 Å². The number of carbonyl (C=O) groups excluding carboxylic acids is 3. The SMILES string of the molecule is O=C(Nc1ccc(Cl)cc1)C1N([C@H](CO)c2ccccc2)C(=O)[C@@H]2[C@H](C(=O)NCc3ccccc3)[C@@H]3CCC12O3. The number of benzene rings is 3. The summed E-state index contributed by atoms with van der Waals surface area (Å²) >= 11 is 6.03. The van der Waals surface area contributed by atoms with E-state index in [1.54, 1.807) is 24.3 Å². The predicted octanol–water partition coefficient (Wildman–Crippen LogP) is 3.70. The maximum atomic E-state index is 14.3. The van der Waals surface area contributed by atoms with Crippen LogP contribution >= 0.6 is 11.6 Å². The Hall–Kier alpha value is -3.72. The molecule has 40 heavy (non-hydrogen) atoms. The highest BCUT2D eigenvalue weighted by molar-refractivity contribution is 6.30. The third-order valence-corrected chi connectivity index (χ3v) is 8.66. The Morgan fingerprint density at radius 1 is 1.00 bits per heavy atom. The molecule has 0 radical (unpaired) electrons. The number of anilines is 1. The molecule has 3 aliphatic rings. The Kier molecular flexibility index (Phi) is 7.08. The quantitative estimate of drug-likeness (QED) is 0.390. The molecule has 3 fully saturated rings. The van der Waals surface area contributed by atoms with Gasteiger partial charge >= 0.3 is 0 Å². The van der Waals surface area contributed by atoms with Gasteiger partial charge in [0, 0.05) is 17.3 Å². The van der Waals surface area contributed by atoms with Crippen LogP contribution in [-0.2, 0) is 25.7 Å². The summed E-state index contributed by atoms with van der Waals surface area (Å²) in [7, 11) is 0. The van der Waals surface area contributed by atoms with Crippen molar-refractivity contribution in [2.75, 3.05) is 11.9 Å². The average Bonchev–Trinajstić information content (AvgIpc) is 3.62. The van der Waals surface area contributed by atoms with E-state index in [4.69, 9.17) is 16.3 Å². The molecule has 6 rings (SSSR count). The third-order valence-electron chi connectivity index (χ3n) is 8.40. The van der Waals surface area contributed by atoms with Crippen molar-refractivity contribution in [1.29, 1.82) is 0 Å². The lowest BCUT2D eigenvalue weighted by Gasteiger charge is -2.36. The van der Waals surface area contributed by atoms with Crippen molar-refractivity contribution in [3.8, 4) is 0 Å². The molecule has 3 amide bonds. The molecule has 9 heteroatoms. The summed E-state index contributed by atoms with van der Waals surface area (Å²) in [5, 5.41) is 17.0. The molecule has 3 aromatic carbocycles. The number of ether oxygens (including phenoxy) is 1. The predicted molar refractivity (Wildman–Crippen MR) is 149 cm³/mol. The lowest BCUT2D eigenvalue weighted by atomic mass is 9.70. The highest BCUT2D eigenvalue weighted by Crippen LogP contribution is 2.59. The fourth-order valence-electron chi connectivity index (χ4n) is 6.70. The number of nitrogens with one attached hydrogen (secondary N) is 2. The normalized spacial score (nSPS) is 27.4. The zero-order valence-electron chi connectivity index (χ0n) is 21.7. The minimum absolute atomic E-state index is 0.271. The number of aliphatic hydroxyl groups is 1. The molecular weight excluding hydrogens is 530 g/mol. The highest BCUT2D eigenvalue weighted by atomic mass is 35.5. The number of aliphatic hydroxyl groups excluding tert-OH is 1. The number of fused-ring (bicyclic) bond motifs is 1. The van der Waals surface area contributed by atoms with Crippen LogP contribution in [-0.4, -0.2) is 52.1 Å². The number of hydrogen-bond donors (Lipinski definition) is 3. The highest BCUT2D eigenvalue weighted by Gasteiger charge is 2.75. The number of carbonyl (C=O) groups is 3. The van der Waals surface area contributed by atoms with Crippen LogP contribution in [0.4, 0.5) is 5.69 Å². The monoisotopic (exact) mass is 559 g/mol. The molecule has 0 saturated carbocycles. The van der Waals surface area contributed by atoms with Crippen molar-refractivity contribution in [2.45, 2.75) is 43.2 Å². The molecule has 1 spiro atoms. The van der Waals surface area contributed by atoms with Gasteiger partial charge in [-0.05, 0) is 48.2 Å². The first kappa shape index (κ1) is 26.5. The van der Waals surface area contributed by atoms with Crippen LogP contribution < -0.4 is 10.6 Å². The molecule has 3 N–H and O–H groups in total. The minimum Gasteiger partial charge on any atom is -0.394 e. The van der Waals surface area contributed by atoms with Crippen LogP contribution in [0.25, 0.3) is 0 Å². The summed E-state index contributed by atoms with van der Waals surface area (Å²) in [6.07, 6.45) is 0.543.